The maximum atomic E-state index is 12.3. The Bertz CT molecular complexity index is 2220. The second kappa shape index (κ2) is 20.3. The third-order valence-electron chi connectivity index (χ3n) is 9.74. The van der Waals surface area contributed by atoms with Crippen LogP contribution in [0.3, 0.4) is 0 Å². The van der Waals surface area contributed by atoms with Crippen LogP contribution in [-0.2, 0) is 25.0 Å². The zero-order valence-electron chi connectivity index (χ0n) is 37.5. The van der Waals surface area contributed by atoms with Crippen molar-refractivity contribution in [3.63, 3.8) is 0 Å². The van der Waals surface area contributed by atoms with E-state index in [4.69, 9.17) is 31.4 Å². The molecular formula is C43H62N14O6. The Hall–Kier alpha value is -6.25. The molecule has 2 aliphatic heterocycles. The van der Waals surface area contributed by atoms with Crippen LogP contribution in [0.2, 0.25) is 0 Å². The molecule has 4 aromatic heterocycles. The quantitative estimate of drug-likeness (QED) is 0.102. The Balaban J connectivity index is 0.000000243. The molecule has 20 nitrogen and oxygen atoms in total. The van der Waals surface area contributed by atoms with E-state index in [1.165, 1.54) is 0 Å². The van der Waals surface area contributed by atoms with E-state index in [1.807, 2.05) is 30.3 Å². The topological polar surface area (TPSA) is 294 Å². The summed E-state index contributed by atoms with van der Waals surface area (Å²) in [7, 11) is 0. The van der Waals surface area contributed by atoms with Gasteiger partial charge in [-0.15, -0.1) is 20.4 Å². The third kappa shape index (κ3) is 14.1. The number of rotatable bonds is 11. The molecule has 4 aromatic rings. The highest BCUT2D eigenvalue weighted by Gasteiger charge is 2.30. The van der Waals surface area contributed by atoms with Crippen molar-refractivity contribution in [3.8, 4) is 0 Å². The average Bonchev–Trinajstić information content (AvgIpc) is 3.19. The first kappa shape index (κ1) is 47.8. The van der Waals surface area contributed by atoms with Gasteiger partial charge < -0.3 is 58.0 Å². The highest BCUT2D eigenvalue weighted by atomic mass is 16.6. The SMILES string of the molecule is CC(C)(C)OC(=O)N[C@H]1COCC[C@H]1Nc1cc(Nc2cccc(C(C)(C)C)n2)c(C(N)=O)nn1.CC(C)(C)c1cccc(Nc2cc(N[C@@H]3CCOC[C@@H]3N)nnc2C(N)=O)n1. The van der Waals surface area contributed by atoms with Crippen LogP contribution in [0.5, 0.6) is 0 Å². The Morgan fingerprint density at radius 2 is 1.10 bits per heavy atom. The second-order valence-corrected chi connectivity index (χ2v) is 18.4. The number of carbonyl (C=O) groups excluding carboxylic acids is 3. The minimum atomic E-state index is -0.714. The van der Waals surface area contributed by atoms with Crippen molar-refractivity contribution >= 4 is 52.6 Å². The lowest BCUT2D eigenvalue weighted by molar-refractivity contribution is 0.0317. The summed E-state index contributed by atoms with van der Waals surface area (Å²) in [5, 5.41) is 31.9. The van der Waals surface area contributed by atoms with Gasteiger partial charge in [0.25, 0.3) is 11.8 Å². The Kier molecular flexibility index (Phi) is 15.4. The number of primary amides is 2. The first-order chi connectivity index (χ1) is 29.6. The van der Waals surface area contributed by atoms with Crippen LogP contribution in [0, 0.1) is 0 Å². The number of carbonyl (C=O) groups is 3. The van der Waals surface area contributed by atoms with E-state index in [1.54, 1.807) is 39.0 Å². The highest BCUT2D eigenvalue weighted by Crippen LogP contribution is 2.27. The van der Waals surface area contributed by atoms with Crippen molar-refractivity contribution in [1.82, 2.24) is 35.7 Å². The number of nitrogens with two attached hydrogens (primary N) is 3. The molecule has 0 bridgehead atoms. The van der Waals surface area contributed by atoms with Crippen molar-refractivity contribution in [3.05, 3.63) is 71.3 Å². The fraction of sp³-hybridized carbons (Fsp3) is 0.512. The maximum absolute atomic E-state index is 12.3. The molecule has 2 aliphatic rings. The first-order valence-corrected chi connectivity index (χ1v) is 20.8. The van der Waals surface area contributed by atoms with E-state index in [0.29, 0.717) is 67.5 Å². The van der Waals surface area contributed by atoms with Gasteiger partial charge in [0.2, 0.25) is 0 Å². The van der Waals surface area contributed by atoms with Crippen LogP contribution in [-0.4, -0.2) is 104 Å². The van der Waals surface area contributed by atoms with Crippen LogP contribution >= 0.6 is 0 Å². The predicted octanol–water partition coefficient (Wildman–Crippen LogP) is 4.65. The number of hydrogen-bond donors (Lipinski definition) is 8. The molecule has 0 unspecified atom stereocenters. The van der Waals surface area contributed by atoms with Crippen LogP contribution in [0.4, 0.5) is 39.4 Å². The van der Waals surface area contributed by atoms with Gasteiger partial charge in [0.1, 0.15) is 17.2 Å². The molecule has 11 N–H and O–H groups in total. The van der Waals surface area contributed by atoms with Crippen molar-refractivity contribution < 1.29 is 28.6 Å². The zero-order chi connectivity index (χ0) is 46.1. The van der Waals surface area contributed by atoms with Gasteiger partial charge in [0.05, 0.1) is 36.7 Å². The van der Waals surface area contributed by atoms with Crippen LogP contribution in [0.15, 0.2) is 48.5 Å². The van der Waals surface area contributed by atoms with Crippen molar-refractivity contribution in [2.75, 3.05) is 47.7 Å². The monoisotopic (exact) mass is 870 g/mol. The molecule has 0 radical (unpaired) electrons. The number of anilines is 6. The van der Waals surface area contributed by atoms with Crippen molar-refractivity contribution in [1.29, 1.82) is 0 Å². The number of amides is 3. The van der Waals surface area contributed by atoms with Crippen LogP contribution < -0.4 is 43.8 Å². The molecule has 4 atom stereocenters. The number of alkyl carbamates (subject to hydrolysis) is 1. The summed E-state index contributed by atoms with van der Waals surface area (Å²) in [6, 6.07) is 14.0. The Morgan fingerprint density at radius 1 is 0.635 bits per heavy atom. The van der Waals surface area contributed by atoms with E-state index < -0.39 is 23.5 Å². The zero-order valence-corrected chi connectivity index (χ0v) is 37.5. The molecule has 6 rings (SSSR count). The van der Waals surface area contributed by atoms with Crippen molar-refractivity contribution in [2.45, 2.75) is 116 Å². The molecule has 0 spiro atoms. The fourth-order valence-corrected chi connectivity index (χ4v) is 6.43. The molecule has 0 saturated carbocycles. The van der Waals surface area contributed by atoms with E-state index in [2.05, 4.69) is 98.5 Å². The van der Waals surface area contributed by atoms with E-state index >= 15 is 0 Å². The molecule has 0 aromatic carbocycles. The first-order valence-electron chi connectivity index (χ1n) is 20.8. The summed E-state index contributed by atoms with van der Waals surface area (Å²) < 4.78 is 16.3. The maximum Gasteiger partial charge on any atom is 0.408 e. The minimum absolute atomic E-state index is 0.00563. The Labute approximate surface area is 368 Å². The number of hydrogen-bond acceptors (Lipinski definition) is 17. The van der Waals surface area contributed by atoms with Gasteiger partial charge >= 0.3 is 6.09 Å². The minimum Gasteiger partial charge on any atom is -0.444 e. The summed E-state index contributed by atoms with van der Waals surface area (Å²) in [5.41, 5.74) is 18.9. The van der Waals surface area contributed by atoms with Gasteiger partial charge in [-0.25, -0.2) is 14.8 Å². The molecule has 0 aliphatic carbocycles. The lowest BCUT2D eigenvalue weighted by atomic mass is 9.92. The van der Waals surface area contributed by atoms with Gasteiger partial charge in [-0.3, -0.25) is 9.59 Å². The summed E-state index contributed by atoms with van der Waals surface area (Å²) in [6.45, 7) is 19.8. The standard InChI is InChI=1S/C24H35N7O4.C19H27N7O2/c1-23(2,3)17-8-7-9-18(29-17)27-15-12-19(30-31-20(15)21(25)32)26-14-10-11-34-13-16(14)28-22(33)35-24(4,5)6;1-19(2,3)14-5-4-6-15(24-14)23-13-9-16(25-26-17(13)18(21)27)22-12-7-8-28-10-11(12)20/h7-9,12,14,16H,10-11,13H2,1-6H3,(H2,25,32)(H,28,33)(H2,26,27,29,30);4-6,9,11-12H,7-8,10,20H2,1-3H3,(H2,21,27)(H2,22,23,24,25)/t14-,16+;11-,12+/m10/s1. The van der Waals surface area contributed by atoms with Crippen molar-refractivity contribution in [2.24, 2.45) is 17.2 Å². The summed E-state index contributed by atoms with van der Waals surface area (Å²) in [6.07, 6.45) is 0.859. The lowest BCUT2D eigenvalue weighted by Gasteiger charge is -2.33. The number of ether oxygens (including phenoxy) is 3. The number of nitrogens with one attached hydrogen (secondary N) is 5. The van der Waals surface area contributed by atoms with E-state index in [0.717, 1.165) is 17.8 Å². The largest absolute Gasteiger partial charge is 0.444 e. The number of aromatic nitrogens is 6. The number of pyridine rings is 2. The fourth-order valence-electron chi connectivity index (χ4n) is 6.43. The number of nitrogens with zero attached hydrogens (tertiary/aromatic N) is 6. The summed E-state index contributed by atoms with van der Waals surface area (Å²) in [4.78, 5) is 45.3. The smallest absolute Gasteiger partial charge is 0.408 e. The third-order valence-corrected chi connectivity index (χ3v) is 9.74. The summed E-state index contributed by atoms with van der Waals surface area (Å²) in [5.74, 6) is 0.672. The molecule has 3 amide bonds. The Morgan fingerprint density at radius 3 is 1.54 bits per heavy atom. The van der Waals surface area contributed by atoms with Gasteiger partial charge in [-0.1, -0.05) is 53.7 Å². The average molecular weight is 871 g/mol. The molecule has 63 heavy (non-hydrogen) atoms. The normalized spacial score (nSPS) is 19.1. The highest BCUT2D eigenvalue weighted by molar-refractivity contribution is 5.98. The van der Waals surface area contributed by atoms with E-state index in [9.17, 15) is 14.4 Å². The molecule has 2 fully saturated rings. The van der Waals surface area contributed by atoms with E-state index in [-0.39, 0.29) is 46.4 Å². The summed E-state index contributed by atoms with van der Waals surface area (Å²) >= 11 is 0. The second-order valence-electron chi connectivity index (χ2n) is 18.4. The van der Waals surface area contributed by atoms with Gasteiger partial charge in [0, 0.05) is 59.6 Å². The molecule has 20 heteroatoms. The predicted molar refractivity (Wildman–Crippen MR) is 240 cm³/mol. The molecular weight excluding hydrogens is 809 g/mol. The van der Waals surface area contributed by atoms with Gasteiger partial charge in [-0.2, -0.15) is 0 Å². The van der Waals surface area contributed by atoms with Gasteiger partial charge in [-0.05, 0) is 57.9 Å². The van der Waals surface area contributed by atoms with Crippen LogP contribution in [0.25, 0.3) is 0 Å². The van der Waals surface area contributed by atoms with Crippen LogP contribution in [0.1, 0.15) is 108 Å². The molecule has 2 saturated heterocycles. The lowest BCUT2D eigenvalue weighted by Crippen LogP contribution is -2.53. The molecule has 340 valence electrons. The molecule has 6 heterocycles. The van der Waals surface area contributed by atoms with Gasteiger partial charge in [0.15, 0.2) is 23.0 Å².